The topological polar surface area (TPSA) is 83.5 Å². The van der Waals surface area contributed by atoms with Crippen molar-refractivity contribution in [1.29, 1.82) is 0 Å². The molecule has 1 heterocycles. The summed E-state index contributed by atoms with van der Waals surface area (Å²) in [6.45, 7) is 0.225. The molecule has 2 N–H and O–H groups in total. The number of hydrogen-bond donors (Lipinski definition) is 1. The van der Waals surface area contributed by atoms with Crippen LogP contribution in [-0.2, 0) is 13.7 Å². The lowest BCUT2D eigenvalue weighted by Crippen LogP contribution is -2.21. The molecule has 0 radical (unpaired) electrons. The normalized spacial score (nSPS) is 10.2. The van der Waals surface area contributed by atoms with Crippen molar-refractivity contribution in [3.8, 4) is 11.5 Å². The summed E-state index contributed by atoms with van der Waals surface area (Å²) in [5, 5.41) is 0. The molecule has 0 atom stereocenters. The molecule has 0 aliphatic carbocycles. The standard InChI is InChI=1S/C15H16N2O4/c1-17-8-14(13(18)7-12(17)15(16)19)21-9-10-4-3-5-11(6-10)20-2/h3-8H,9H2,1-2H3,(H2,16,19). The van der Waals surface area contributed by atoms with Crippen molar-refractivity contribution in [1.82, 2.24) is 4.57 Å². The number of nitrogens with zero attached hydrogens (tertiary/aromatic N) is 1. The molecule has 1 aromatic heterocycles. The Labute approximate surface area is 121 Å². The van der Waals surface area contributed by atoms with Crippen LogP contribution in [0.4, 0.5) is 0 Å². The number of hydrogen-bond acceptors (Lipinski definition) is 4. The van der Waals surface area contributed by atoms with E-state index in [0.717, 1.165) is 5.56 Å². The van der Waals surface area contributed by atoms with Gasteiger partial charge in [-0.1, -0.05) is 12.1 Å². The molecule has 0 aliphatic heterocycles. The summed E-state index contributed by atoms with van der Waals surface area (Å²) in [6, 6.07) is 8.52. The van der Waals surface area contributed by atoms with E-state index in [9.17, 15) is 9.59 Å². The first-order valence-corrected chi connectivity index (χ1v) is 6.27. The van der Waals surface area contributed by atoms with E-state index >= 15 is 0 Å². The van der Waals surface area contributed by atoms with Crippen LogP contribution in [0, 0.1) is 0 Å². The third kappa shape index (κ3) is 3.42. The number of aryl methyl sites for hydroxylation is 1. The summed E-state index contributed by atoms with van der Waals surface area (Å²) in [7, 11) is 3.20. The largest absolute Gasteiger partial charge is 0.497 e. The molecule has 0 unspecified atom stereocenters. The fraction of sp³-hybridized carbons (Fsp3) is 0.200. The van der Waals surface area contributed by atoms with Crippen molar-refractivity contribution < 1.29 is 14.3 Å². The van der Waals surface area contributed by atoms with Crippen molar-refractivity contribution in [2.24, 2.45) is 12.8 Å². The van der Waals surface area contributed by atoms with Crippen LogP contribution in [0.3, 0.4) is 0 Å². The van der Waals surface area contributed by atoms with Crippen LogP contribution in [0.15, 0.2) is 41.3 Å². The summed E-state index contributed by atoms with van der Waals surface area (Å²) >= 11 is 0. The Morgan fingerprint density at radius 2 is 2.10 bits per heavy atom. The van der Waals surface area contributed by atoms with Gasteiger partial charge in [-0.3, -0.25) is 9.59 Å². The quantitative estimate of drug-likeness (QED) is 0.892. The Bertz CT molecular complexity index is 722. The Kier molecular flexibility index (Phi) is 4.27. The SMILES string of the molecule is COc1cccc(COc2cn(C)c(C(N)=O)cc2=O)c1. The van der Waals surface area contributed by atoms with Crippen LogP contribution in [0.1, 0.15) is 16.1 Å². The van der Waals surface area contributed by atoms with Gasteiger partial charge in [0.1, 0.15) is 18.1 Å². The highest BCUT2D eigenvalue weighted by atomic mass is 16.5. The van der Waals surface area contributed by atoms with Crippen molar-refractivity contribution in [2.45, 2.75) is 6.61 Å². The number of amides is 1. The minimum atomic E-state index is -0.658. The Morgan fingerprint density at radius 1 is 1.33 bits per heavy atom. The minimum absolute atomic E-state index is 0.133. The number of carbonyl (C=O) groups is 1. The van der Waals surface area contributed by atoms with Crippen molar-refractivity contribution in [3.63, 3.8) is 0 Å². The van der Waals surface area contributed by atoms with Crippen LogP contribution >= 0.6 is 0 Å². The molecule has 110 valence electrons. The van der Waals surface area contributed by atoms with Crippen LogP contribution in [0.25, 0.3) is 0 Å². The Hall–Kier alpha value is -2.76. The number of benzene rings is 1. The maximum Gasteiger partial charge on any atom is 0.265 e. The fourth-order valence-corrected chi connectivity index (χ4v) is 1.88. The molecule has 0 fully saturated rings. The van der Waals surface area contributed by atoms with Crippen LogP contribution in [0.2, 0.25) is 0 Å². The summed E-state index contributed by atoms with van der Waals surface area (Å²) in [4.78, 5) is 23.0. The maximum absolute atomic E-state index is 11.9. The lowest BCUT2D eigenvalue weighted by molar-refractivity contribution is 0.0991. The van der Waals surface area contributed by atoms with Gasteiger partial charge < -0.3 is 19.8 Å². The van der Waals surface area contributed by atoms with Crippen LogP contribution in [0.5, 0.6) is 11.5 Å². The molecule has 1 amide bonds. The summed E-state index contributed by atoms with van der Waals surface area (Å²) < 4.78 is 12.1. The van der Waals surface area contributed by atoms with Gasteiger partial charge in [-0.2, -0.15) is 0 Å². The first-order chi connectivity index (χ1) is 10.0. The van der Waals surface area contributed by atoms with E-state index in [4.69, 9.17) is 15.2 Å². The van der Waals surface area contributed by atoms with E-state index in [1.807, 2.05) is 24.3 Å². The minimum Gasteiger partial charge on any atom is -0.497 e. The van der Waals surface area contributed by atoms with Gasteiger partial charge in [-0.05, 0) is 17.7 Å². The lowest BCUT2D eigenvalue weighted by Gasteiger charge is -2.10. The van der Waals surface area contributed by atoms with Crippen molar-refractivity contribution in [3.05, 3.63) is 58.0 Å². The summed E-state index contributed by atoms with van der Waals surface area (Å²) in [6.07, 6.45) is 1.45. The molecule has 1 aromatic carbocycles. The van der Waals surface area contributed by atoms with Crippen LogP contribution in [-0.4, -0.2) is 17.6 Å². The van der Waals surface area contributed by atoms with Crippen molar-refractivity contribution >= 4 is 5.91 Å². The van der Waals surface area contributed by atoms with E-state index < -0.39 is 5.91 Å². The molecular weight excluding hydrogens is 272 g/mol. The number of methoxy groups -OCH3 is 1. The van der Waals surface area contributed by atoms with Gasteiger partial charge in [-0.15, -0.1) is 0 Å². The summed E-state index contributed by atoms with van der Waals surface area (Å²) in [5.41, 5.74) is 5.80. The molecule has 0 bridgehead atoms. The second-order valence-electron chi connectivity index (χ2n) is 4.50. The summed E-state index contributed by atoms with van der Waals surface area (Å²) in [5.74, 6) is 0.215. The van der Waals surface area contributed by atoms with E-state index in [1.54, 1.807) is 14.2 Å². The van der Waals surface area contributed by atoms with Crippen molar-refractivity contribution in [2.75, 3.05) is 7.11 Å². The monoisotopic (exact) mass is 288 g/mol. The highest BCUT2D eigenvalue weighted by molar-refractivity contribution is 5.91. The zero-order valence-electron chi connectivity index (χ0n) is 11.8. The number of rotatable bonds is 5. The molecule has 0 saturated carbocycles. The number of nitrogens with two attached hydrogens (primary N) is 1. The smallest absolute Gasteiger partial charge is 0.265 e. The molecular formula is C15H16N2O4. The van der Waals surface area contributed by atoms with Crippen LogP contribution < -0.4 is 20.6 Å². The zero-order valence-corrected chi connectivity index (χ0v) is 11.8. The van der Waals surface area contributed by atoms with Gasteiger partial charge in [0.05, 0.1) is 13.3 Å². The molecule has 2 aromatic rings. The average Bonchev–Trinajstić information content (AvgIpc) is 2.47. The molecule has 6 nitrogen and oxygen atoms in total. The second kappa shape index (κ2) is 6.13. The number of pyridine rings is 1. The fourth-order valence-electron chi connectivity index (χ4n) is 1.88. The predicted octanol–water partition coefficient (Wildman–Crippen LogP) is 1.07. The average molecular weight is 288 g/mol. The first-order valence-electron chi connectivity index (χ1n) is 6.27. The van der Waals surface area contributed by atoms with E-state index in [0.29, 0.717) is 5.75 Å². The van der Waals surface area contributed by atoms with E-state index in [2.05, 4.69) is 0 Å². The van der Waals surface area contributed by atoms with Gasteiger partial charge in [0.25, 0.3) is 5.91 Å². The van der Waals surface area contributed by atoms with Gasteiger partial charge in [-0.25, -0.2) is 0 Å². The molecule has 0 aliphatic rings. The maximum atomic E-state index is 11.9. The third-order valence-electron chi connectivity index (χ3n) is 2.98. The first kappa shape index (κ1) is 14.6. The molecule has 0 spiro atoms. The van der Waals surface area contributed by atoms with Gasteiger partial charge in [0.15, 0.2) is 5.75 Å². The second-order valence-corrected chi connectivity index (χ2v) is 4.50. The Balaban J connectivity index is 2.18. The molecule has 6 heteroatoms. The number of aromatic nitrogens is 1. The third-order valence-corrected chi connectivity index (χ3v) is 2.98. The number of primary amides is 1. The molecule has 2 rings (SSSR count). The van der Waals surface area contributed by atoms with Gasteiger partial charge in [0, 0.05) is 13.1 Å². The number of carbonyl (C=O) groups excluding carboxylic acids is 1. The van der Waals surface area contributed by atoms with Gasteiger partial charge in [0.2, 0.25) is 5.43 Å². The highest BCUT2D eigenvalue weighted by Crippen LogP contribution is 2.14. The highest BCUT2D eigenvalue weighted by Gasteiger charge is 2.09. The van der Waals surface area contributed by atoms with E-state index in [1.165, 1.54) is 16.8 Å². The van der Waals surface area contributed by atoms with Gasteiger partial charge >= 0.3 is 0 Å². The zero-order chi connectivity index (χ0) is 15.4. The molecule has 21 heavy (non-hydrogen) atoms. The lowest BCUT2D eigenvalue weighted by atomic mass is 10.2. The van der Waals surface area contributed by atoms with E-state index in [-0.39, 0.29) is 23.5 Å². The molecule has 0 saturated heterocycles. The number of ether oxygens (including phenoxy) is 2. The Morgan fingerprint density at radius 3 is 2.76 bits per heavy atom. The predicted molar refractivity (Wildman–Crippen MR) is 77.5 cm³/mol.